The molecule has 2 rings (SSSR count). The summed E-state index contributed by atoms with van der Waals surface area (Å²) < 4.78 is 11.6. The maximum atomic E-state index is 13.2. The molecule has 0 aromatic heterocycles. The quantitative estimate of drug-likeness (QED) is 0.0567. The molecule has 7 amide bonds. The molecule has 0 unspecified atom stereocenters. The predicted octanol–water partition coefficient (Wildman–Crippen LogP) is 0.983. The number of imide groups is 1. The van der Waals surface area contributed by atoms with Crippen molar-refractivity contribution >= 4 is 63.8 Å². The second kappa shape index (κ2) is 19.7. The maximum absolute atomic E-state index is 13.2. The molecule has 2 atom stereocenters. The minimum absolute atomic E-state index is 0.00509. The van der Waals surface area contributed by atoms with Crippen molar-refractivity contribution in [3.63, 3.8) is 0 Å². The summed E-state index contributed by atoms with van der Waals surface area (Å²) in [6, 6.07) is 4.83. The van der Waals surface area contributed by atoms with Gasteiger partial charge in [-0.2, -0.15) is 0 Å². The molecule has 6 N–H and O–H groups in total. The van der Waals surface area contributed by atoms with E-state index < -0.39 is 35.8 Å². The van der Waals surface area contributed by atoms with Crippen LogP contribution in [0.4, 0.5) is 10.5 Å². The highest BCUT2D eigenvalue weighted by atomic mass is 127. The van der Waals surface area contributed by atoms with E-state index in [1.54, 1.807) is 26.0 Å². The molecular formula is C29H41IN6O8. The monoisotopic (exact) mass is 728 g/mol. The number of primary amides is 1. The van der Waals surface area contributed by atoms with E-state index in [2.05, 4.69) is 43.9 Å². The van der Waals surface area contributed by atoms with Gasteiger partial charge in [-0.25, -0.2) is 4.79 Å². The number of hydrogen-bond donors (Lipinski definition) is 5. The van der Waals surface area contributed by atoms with Crippen LogP contribution < -0.4 is 27.0 Å². The average molecular weight is 729 g/mol. The van der Waals surface area contributed by atoms with Gasteiger partial charge in [-0.1, -0.05) is 48.6 Å². The molecule has 1 heterocycles. The summed E-state index contributed by atoms with van der Waals surface area (Å²) in [4.78, 5) is 74.0. The zero-order valence-corrected chi connectivity index (χ0v) is 27.1. The van der Waals surface area contributed by atoms with Crippen LogP contribution in [-0.2, 0) is 37.9 Å². The lowest BCUT2D eigenvalue weighted by molar-refractivity contribution is -0.137. The summed E-state index contributed by atoms with van der Waals surface area (Å²) in [6.07, 6.45) is 3.01. The summed E-state index contributed by atoms with van der Waals surface area (Å²) in [6.45, 7) is 4.58. The maximum Gasteiger partial charge on any atom is 0.312 e. The number of alkyl halides is 1. The van der Waals surface area contributed by atoms with Crippen molar-refractivity contribution in [3.8, 4) is 0 Å². The van der Waals surface area contributed by atoms with Gasteiger partial charge >= 0.3 is 6.03 Å². The minimum Gasteiger partial charge on any atom is -0.379 e. The second-order valence-corrected chi connectivity index (χ2v) is 11.0. The van der Waals surface area contributed by atoms with Crippen molar-refractivity contribution in [1.82, 2.24) is 20.9 Å². The third-order valence-corrected chi connectivity index (χ3v) is 7.33. The number of carbonyl (C=O) groups is 6. The van der Waals surface area contributed by atoms with E-state index in [1.807, 2.05) is 12.1 Å². The van der Waals surface area contributed by atoms with Crippen LogP contribution in [0.5, 0.6) is 0 Å². The van der Waals surface area contributed by atoms with Gasteiger partial charge in [-0.15, -0.1) is 0 Å². The van der Waals surface area contributed by atoms with Gasteiger partial charge < -0.3 is 36.5 Å². The van der Waals surface area contributed by atoms with Gasteiger partial charge in [-0.05, 0) is 36.5 Å². The highest BCUT2D eigenvalue weighted by Gasteiger charge is 2.29. The Morgan fingerprint density at radius 3 is 2.14 bits per heavy atom. The number of urea groups is 1. The standard InChI is InChI=1S/C29H41IN6O8/c1-19(2)26(35-23(37)11-14-43-16-17-44-15-13-36-24(38)9-10-25(36)39)28(41)34-22(4-3-12-32-29(31)42)27(40)33-21-7-5-20(18-30)6-8-21/h5-10,19,22,26H,3-4,11-18H2,1-2H3,(H,33,40)(H,34,41)(H,35,37)(H3,31,32,42)/t22-,26-/m0/s1. The Bertz CT molecular complexity index is 1160. The summed E-state index contributed by atoms with van der Waals surface area (Å²) in [5, 5.41) is 10.7. The smallest absolute Gasteiger partial charge is 0.312 e. The van der Waals surface area contributed by atoms with Gasteiger partial charge in [0.05, 0.1) is 33.0 Å². The number of amides is 7. The molecule has 0 fully saturated rings. The number of nitrogens with zero attached hydrogens (tertiary/aromatic N) is 1. The number of ether oxygens (including phenoxy) is 2. The molecule has 14 nitrogen and oxygen atoms in total. The van der Waals surface area contributed by atoms with Crippen molar-refractivity contribution in [2.75, 3.05) is 44.8 Å². The van der Waals surface area contributed by atoms with Crippen LogP contribution in [0.25, 0.3) is 0 Å². The fraction of sp³-hybridized carbons (Fsp3) is 0.517. The molecule has 44 heavy (non-hydrogen) atoms. The topological polar surface area (TPSA) is 198 Å². The number of nitrogens with one attached hydrogen (secondary N) is 4. The molecular weight excluding hydrogens is 687 g/mol. The summed E-state index contributed by atoms with van der Waals surface area (Å²) in [5.74, 6) is -2.37. The van der Waals surface area contributed by atoms with E-state index in [9.17, 15) is 28.8 Å². The fourth-order valence-electron chi connectivity index (χ4n) is 4.03. The lowest BCUT2D eigenvalue weighted by atomic mass is 10.0. The fourth-order valence-corrected chi connectivity index (χ4v) is 4.54. The average Bonchev–Trinajstić information content (AvgIpc) is 3.30. The molecule has 0 saturated carbocycles. The Morgan fingerprint density at radius 2 is 1.55 bits per heavy atom. The Morgan fingerprint density at radius 1 is 0.909 bits per heavy atom. The van der Waals surface area contributed by atoms with Crippen molar-refractivity contribution in [3.05, 3.63) is 42.0 Å². The molecule has 242 valence electrons. The number of anilines is 1. The van der Waals surface area contributed by atoms with Gasteiger partial charge in [0.25, 0.3) is 11.8 Å². The molecule has 1 aliphatic rings. The number of hydrogen-bond acceptors (Lipinski definition) is 8. The first-order chi connectivity index (χ1) is 21.0. The highest BCUT2D eigenvalue weighted by molar-refractivity contribution is 14.1. The zero-order valence-electron chi connectivity index (χ0n) is 24.9. The highest BCUT2D eigenvalue weighted by Crippen LogP contribution is 2.14. The van der Waals surface area contributed by atoms with Crippen LogP contribution in [0.1, 0.15) is 38.7 Å². The molecule has 0 bridgehead atoms. The summed E-state index contributed by atoms with van der Waals surface area (Å²) in [7, 11) is 0. The number of nitrogens with two attached hydrogens (primary N) is 1. The van der Waals surface area contributed by atoms with E-state index in [0.717, 1.165) is 14.9 Å². The van der Waals surface area contributed by atoms with Crippen LogP contribution in [-0.4, -0.2) is 92.1 Å². The SMILES string of the molecule is CC(C)[C@H](NC(=O)CCOCCOCCN1C(=O)C=CC1=O)C(=O)N[C@@H](CCCNC(N)=O)C(=O)Nc1ccc(CI)cc1. The van der Waals surface area contributed by atoms with Crippen LogP contribution in [0, 0.1) is 5.92 Å². The number of rotatable bonds is 20. The van der Waals surface area contributed by atoms with Gasteiger partial charge in [0.1, 0.15) is 12.1 Å². The van der Waals surface area contributed by atoms with Crippen LogP contribution >= 0.6 is 22.6 Å². The van der Waals surface area contributed by atoms with Crippen molar-refractivity contribution in [1.29, 1.82) is 0 Å². The summed E-state index contributed by atoms with van der Waals surface area (Å²) in [5.41, 5.74) is 6.79. The Balaban J connectivity index is 1.81. The third kappa shape index (κ3) is 13.4. The predicted molar refractivity (Wildman–Crippen MR) is 170 cm³/mol. The molecule has 0 radical (unpaired) electrons. The molecule has 1 aromatic carbocycles. The van der Waals surface area contributed by atoms with Crippen molar-refractivity contribution in [2.45, 2.75) is 49.6 Å². The van der Waals surface area contributed by atoms with E-state index in [1.165, 1.54) is 12.2 Å². The lowest BCUT2D eigenvalue weighted by Crippen LogP contribution is -2.54. The van der Waals surface area contributed by atoms with Gasteiger partial charge in [0, 0.05) is 35.2 Å². The van der Waals surface area contributed by atoms with Crippen LogP contribution in [0.3, 0.4) is 0 Å². The summed E-state index contributed by atoms with van der Waals surface area (Å²) >= 11 is 2.24. The van der Waals surface area contributed by atoms with Gasteiger partial charge in [-0.3, -0.25) is 28.9 Å². The minimum atomic E-state index is -0.930. The zero-order chi connectivity index (χ0) is 32.5. The normalized spacial score (nSPS) is 14.0. The largest absolute Gasteiger partial charge is 0.379 e. The van der Waals surface area contributed by atoms with Gasteiger partial charge in [0.15, 0.2) is 0 Å². The third-order valence-electron chi connectivity index (χ3n) is 6.45. The Labute approximate surface area is 270 Å². The van der Waals surface area contributed by atoms with Crippen molar-refractivity contribution in [2.24, 2.45) is 11.7 Å². The molecule has 1 aromatic rings. The van der Waals surface area contributed by atoms with Crippen LogP contribution in [0.2, 0.25) is 0 Å². The van der Waals surface area contributed by atoms with Crippen LogP contribution in [0.15, 0.2) is 36.4 Å². The van der Waals surface area contributed by atoms with Gasteiger partial charge in [0.2, 0.25) is 17.7 Å². The first kappa shape index (κ1) is 36.6. The van der Waals surface area contributed by atoms with Crippen molar-refractivity contribution < 1.29 is 38.2 Å². The Kier molecular flexibility index (Phi) is 16.4. The number of benzene rings is 1. The first-order valence-electron chi connectivity index (χ1n) is 14.3. The molecule has 1 aliphatic heterocycles. The molecule has 0 saturated heterocycles. The lowest BCUT2D eigenvalue weighted by Gasteiger charge is -2.25. The number of halogens is 1. The Hall–Kier alpha value is -3.57. The molecule has 0 spiro atoms. The number of carbonyl (C=O) groups excluding carboxylic acids is 6. The second-order valence-electron chi connectivity index (χ2n) is 10.2. The van der Waals surface area contributed by atoms with E-state index in [4.69, 9.17) is 15.2 Å². The van der Waals surface area contributed by atoms with E-state index in [-0.39, 0.29) is 70.1 Å². The molecule has 15 heteroatoms. The first-order valence-corrected chi connectivity index (χ1v) is 15.8. The van der Waals surface area contributed by atoms with E-state index >= 15 is 0 Å². The molecule has 0 aliphatic carbocycles. The van der Waals surface area contributed by atoms with E-state index in [0.29, 0.717) is 12.1 Å².